The maximum Gasteiger partial charge on any atom is 0.243 e. The van der Waals surface area contributed by atoms with E-state index in [0.717, 1.165) is 54.4 Å². The van der Waals surface area contributed by atoms with Gasteiger partial charge in [-0.05, 0) is 92.6 Å². The molecule has 0 unspecified atom stereocenters. The standard InChI is InChI=1S/C34H45N3O3/c1-23(2)13-30(32(39)35-29(22-38)17-24-9-5-3-6-10-24)36-33(40)31(18-25-11-7-4-8-12-25)37-34-19-26-14-27(20-34)16-28(15-26)21-34/h3-12,22-23,26-31,37H,13-21H2,1-2H3,(H,35,39)(H,36,40)/t26?,27?,28?,29-,30+,31-,34?/m0/s1. The summed E-state index contributed by atoms with van der Waals surface area (Å²) < 4.78 is 0. The molecule has 0 aromatic heterocycles. The average molecular weight is 544 g/mol. The first-order valence-corrected chi connectivity index (χ1v) is 15.2. The lowest BCUT2D eigenvalue weighted by Crippen LogP contribution is -2.64. The molecule has 6 rings (SSSR count). The van der Waals surface area contributed by atoms with Crippen LogP contribution >= 0.6 is 0 Å². The molecule has 3 N–H and O–H groups in total. The third kappa shape index (κ3) is 7.20. The zero-order chi connectivity index (χ0) is 28.1. The van der Waals surface area contributed by atoms with E-state index in [9.17, 15) is 14.4 Å². The molecule has 2 aromatic rings. The molecule has 0 aliphatic heterocycles. The zero-order valence-electron chi connectivity index (χ0n) is 24.0. The van der Waals surface area contributed by atoms with E-state index >= 15 is 0 Å². The molecule has 0 spiro atoms. The molecule has 2 amide bonds. The van der Waals surface area contributed by atoms with Gasteiger partial charge >= 0.3 is 0 Å². The smallest absolute Gasteiger partial charge is 0.243 e. The van der Waals surface area contributed by atoms with Gasteiger partial charge in [-0.1, -0.05) is 74.5 Å². The summed E-state index contributed by atoms with van der Waals surface area (Å²) in [7, 11) is 0. The summed E-state index contributed by atoms with van der Waals surface area (Å²) in [6.45, 7) is 4.09. The quantitative estimate of drug-likeness (QED) is 0.322. The number of hydrogen-bond acceptors (Lipinski definition) is 4. The topological polar surface area (TPSA) is 87.3 Å². The van der Waals surface area contributed by atoms with E-state index in [2.05, 4.69) is 28.1 Å². The van der Waals surface area contributed by atoms with Crippen molar-refractivity contribution in [1.82, 2.24) is 16.0 Å². The van der Waals surface area contributed by atoms with Crippen molar-refractivity contribution in [2.75, 3.05) is 0 Å². The lowest BCUT2D eigenvalue weighted by atomic mass is 9.53. The first-order chi connectivity index (χ1) is 19.3. The van der Waals surface area contributed by atoms with Crippen molar-refractivity contribution in [2.45, 2.75) is 95.3 Å². The molecular formula is C34H45N3O3. The summed E-state index contributed by atoms with van der Waals surface area (Å²) in [6, 6.07) is 18.0. The van der Waals surface area contributed by atoms with Gasteiger partial charge in [-0.3, -0.25) is 14.9 Å². The Hall–Kier alpha value is -2.99. The molecular weight excluding hydrogens is 498 g/mol. The van der Waals surface area contributed by atoms with Gasteiger partial charge < -0.3 is 15.4 Å². The van der Waals surface area contributed by atoms with Gasteiger partial charge in [0.15, 0.2) is 0 Å². The molecule has 3 atom stereocenters. The van der Waals surface area contributed by atoms with E-state index in [-0.39, 0.29) is 23.3 Å². The minimum absolute atomic E-state index is 0.0135. The highest BCUT2D eigenvalue weighted by Crippen LogP contribution is 2.55. The Kier molecular flexibility index (Phi) is 9.04. The minimum Gasteiger partial charge on any atom is -0.344 e. The number of carbonyl (C=O) groups is 3. The van der Waals surface area contributed by atoms with Gasteiger partial charge in [0.2, 0.25) is 11.8 Å². The number of amides is 2. The maximum absolute atomic E-state index is 14.0. The second kappa shape index (κ2) is 12.7. The largest absolute Gasteiger partial charge is 0.344 e. The van der Waals surface area contributed by atoms with Crippen LogP contribution in [-0.2, 0) is 27.2 Å². The predicted octanol–water partition coefficient (Wildman–Crippen LogP) is 4.61. The van der Waals surface area contributed by atoms with Gasteiger partial charge in [-0.25, -0.2) is 0 Å². The number of nitrogens with one attached hydrogen (secondary N) is 3. The fourth-order valence-electron chi connectivity index (χ4n) is 7.98. The second-order valence-corrected chi connectivity index (χ2v) is 13.2. The first kappa shape index (κ1) is 28.5. The molecule has 0 saturated heterocycles. The summed E-state index contributed by atoms with van der Waals surface area (Å²) >= 11 is 0. The van der Waals surface area contributed by atoms with Crippen LogP contribution in [-0.4, -0.2) is 41.8 Å². The summed E-state index contributed by atoms with van der Waals surface area (Å²) in [5.41, 5.74) is 2.10. The van der Waals surface area contributed by atoms with Crippen molar-refractivity contribution >= 4 is 18.1 Å². The monoisotopic (exact) mass is 543 g/mol. The molecule has 4 fully saturated rings. The highest BCUT2D eigenvalue weighted by Gasteiger charge is 2.52. The van der Waals surface area contributed by atoms with Crippen molar-refractivity contribution in [3.8, 4) is 0 Å². The molecule has 0 heterocycles. The Morgan fingerprint density at radius 2 is 1.27 bits per heavy atom. The zero-order valence-corrected chi connectivity index (χ0v) is 24.0. The maximum atomic E-state index is 14.0. The summed E-state index contributed by atoms with van der Waals surface area (Å²) in [5, 5.41) is 9.91. The van der Waals surface area contributed by atoms with Crippen LogP contribution in [0.25, 0.3) is 0 Å². The Labute approximate surface area is 239 Å². The molecule has 4 saturated carbocycles. The molecule has 6 heteroatoms. The highest BCUT2D eigenvalue weighted by molar-refractivity contribution is 5.91. The fourth-order valence-corrected chi connectivity index (χ4v) is 7.98. The van der Waals surface area contributed by atoms with Crippen LogP contribution in [0.4, 0.5) is 0 Å². The van der Waals surface area contributed by atoms with Crippen molar-refractivity contribution < 1.29 is 14.4 Å². The number of rotatable bonds is 13. The van der Waals surface area contributed by atoms with Gasteiger partial charge in [0.25, 0.3) is 0 Å². The molecule has 6 nitrogen and oxygen atoms in total. The van der Waals surface area contributed by atoms with Crippen molar-refractivity contribution in [2.24, 2.45) is 23.7 Å². The van der Waals surface area contributed by atoms with Gasteiger partial charge in [-0.15, -0.1) is 0 Å². The number of aldehydes is 1. The van der Waals surface area contributed by atoms with Gasteiger partial charge in [0, 0.05) is 5.54 Å². The predicted molar refractivity (Wildman–Crippen MR) is 157 cm³/mol. The molecule has 4 bridgehead atoms. The van der Waals surface area contributed by atoms with E-state index in [4.69, 9.17) is 0 Å². The number of carbonyl (C=O) groups excluding carboxylic acids is 3. The van der Waals surface area contributed by atoms with Gasteiger partial charge in [0.05, 0.1) is 12.1 Å². The van der Waals surface area contributed by atoms with Gasteiger partial charge in [-0.2, -0.15) is 0 Å². The van der Waals surface area contributed by atoms with Crippen molar-refractivity contribution in [3.63, 3.8) is 0 Å². The fraction of sp³-hybridized carbons (Fsp3) is 0.559. The summed E-state index contributed by atoms with van der Waals surface area (Å²) in [6.07, 6.45) is 9.75. The van der Waals surface area contributed by atoms with Crippen LogP contribution in [0.2, 0.25) is 0 Å². The van der Waals surface area contributed by atoms with Crippen LogP contribution in [0.15, 0.2) is 60.7 Å². The van der Waals surface area contributed by atoms with Crippen LogP contribution in [0.5, 0.6) is 0 Å². The van der Waals surface area contributed by atoms with E-state index < -0.39 is 18.1 Å². The second-order valence-electron chi connectivity index (χ2n) is 13.2. The molecule has 40 heavy (non-hydrogen) atoms. The number of hydrogen-bond donors (Lipinski definition) is 3. The van der Waals surface area contributed by atoms with E-state index in [1.165, 1.54) is 19.3 Å². The SMILES string of the molecule is CC(C)C[C@@H](NC(=O)[C@H](Cc1ccccc1)NC12CC3CC(CC(C3)C1)C2)C(=O)N[C@H](C=O)Cc1ccccc1. The normalized spacial score (nSPS) is 27.1. The van der Waals surface area contributed by atoms with Gasteiger partial charge in [0.1, 0.15) is 12.3 Å². The van der Waals surface area contributed by atoms with Crippen LogP contribution in [0.3, 0.4) is 0 Å². The molecule has 0 radical (unpaired) electrons. The summed E-state index contributed by atoms with van der Waals surface area (Å²) in [4.78, 5) is 39.3. The molecule has 2 aromatic carbocycles. The lowest BCUT2D eigenvalue weighted by Gasteiger charge is -2.58. The van der Waals surface area contributed by atoms with Crippen LogP contribution < -0.4 is 16.0 Å². The Bertz CT molecular complexity index is 1110. The minimum atomic E-state index is -0.706. The third-order valence-corrected chi connectivity index (χ3v) is 9.25. The van der Waals surface area contributed by atoms with E-state index in [1.807, 2.05) is 62.4 Å². The number of benzene rings is 2. The van der Waals surface area contributed by atoms with E-state index in [0.29, 0.717) is 19.3 Å². The Morgan fingerprint density at radius 3 is 1.77 bits per heavy atom. The van der Waals surface area contributed by atoms with E-state index in [1.54, 1.807) is 0 Å². The van der Waals surface area contributed by atoms with Crippen LogP contribution in [0.1, 0.15) is 69.9 Å². The summed E-state index contributed by atoms with van der Waals surface area (Å²) in [5.74, 6) is 2.06. The van der Waals surface area contributed by atoms with Crippen molar-refractivity contribution in [3.05, 3.63) is 71.8 Å². The molecule has 214 valence electrons. The Morgan fingerprint density at radius 1 is 0.775 bits per heavy atom. The van der Waals surface area contributed by atoms with Crippen LogP contribution in [0, 0.1) is 23.7 Å². The highest BCUT2D eigenvalue weighted by atomic mass is 16.2. The molecule has 4 aliphatic carbocycles. The molecule has 4 aliphatic rings. The lowest BCUT2D eigenvalue weighted by molar-refractivity contribution is -0.132. The first-order valence-electron chi connectivity index (χ1n) is 15.2. The Balaban J connectivity index is 1.30. The third-order valence-electron chi connectivity index (χ3n) is 9.25. The average Bonchev–Trinajstić information content (AvgIpc) is 2.92. The van der Waals surface area contributed by atoms with Crippen molar-refractivity contribution in [1.29, 1.82) is 0 Å².